The maximum absolute atomic E-state index is 5.95. The minimum atomic E-state index is 0.636. The third-order valence-electron chi connectivity index (χ3n) is 7.83. The van der Waals surface area contributed by atoms with Crippen LogP contribution in [0.1, 0.15) is 18.3 Å². The van der Waals surface area contributed by atoms with E-state index in [4.69, 9.17) is 21.6 Å². The summed E-state index contributed by atoms with van der Waals surface area (Å²) in [5, 5.41) is 0. The molecule has 3 aromatic carbocycles. The Balaban J connectivity index is 1.15. The van der Waals surface area contributed by atoms with Crippen LogP contribution in [-0.2, 0) is 12.8 Å². The number of likely N-dealkylation sites (N-methyl/N-ethyl adjacent to an activating group) is 1. The van der Waals surface area contributed by atoms with E-state index in [9.17, 15) is 0 Å². The maximum Gasteiger partial charge on any atom is 0.138 e. The first kappa shape index (κ1) is 25.7. The van der Waals surface area contributed by atoms with Crippen molar-refractivity contribution >= 4 is 45.0 Å². The zero-order chi connectivity index (χ0) is 26.8. The molecule has 2 N–H and O–H groups in total. The number of aromatic amines is 2. The number of H-pyrrole nitrogens is 2. The van der Waals surface area contributed by atoms with Crippen molar-refractivity contribution in [3.8, 4) is 11.4 Å². The SMILES string of the molecule is CCN(CCCl)c1ccc(CCc2nc3ccc(-c4nc5ccc(N6CCN(C)CC6)cc5[nH]4)cc3[nH]2)cc1. The molecular weight excluding hydrogens is 506 g/mol. The summed E-state index contributed by atoms with van der Waals surface area (Å²) in [4.78, 5) is 23.9. The van der Waals surface area contributed by atoms with Crippen LogP contribution >= 0.6 is 11.6 Å². The van der Waals surface area contributed by atoms with E-state index >= 15 is 0 Å². The first-order valence-corrected chi connectivity index (χ1v) is 14.4. The number of aryl methyl sites for hydroxylation is 2. The van der Waals surface area contributed by atoms with E-state index in [0.717, 1.165) is 91.4 Å². The third kappa shape index (κ3) is 5.60. The zero-order valence-corrected chi connectivity index (χ0v) is 23.5. The normalized spacial score (nSPS) is 14.5. The number of rotatable bonds is 9. The lowest BCUT2D eigenvalue weighted by molar-refractivity contribution is 0.313. The van der Waals surface area contributed by atoms with Gasteiger partial charge < -0.3 is 24.7 Å². The van der Waals surface area contributed by atoms with Gasteiger partial charge in [-0.05, 0) is 74.5 Å². The molecule has 6 rings (SSSR count). The largest absolute Gasteiger partial charge is 0.371 e. The number of anilines is 2. The van der Waals surface area contributed by atoms with Crippen molar-refractivity contribution < 1.29 is 0 Å². The van der Waals surface area contributed by atoms with E-state index in [-0.39, 0.29) is 0 Å². The average molecular weight is 542 g/mol. The molecule has 0 spiro atoms. The molecule has 202 valence electrons. The molecule has 0 radical (unpaired) electrons. The van der Waals surface area contributed by atoms with Crippen molar-refractivity contribution in [3.05, 3.63) is 72.1 Å². The van der Waals surface area contributed by atoms with Crippen molar-refractivity contribution in [1.82, 2.24) is 24.8 Å². The molecule has 8 heteroatoms. The van der Waals surface area contributed by atoms with Gasteiger partial charge in [-0.25, -0.2) is 9.97 Å². The van der Waals surface area contributed by atoms with Crippen molar-refractivity contribution in [2.24, 2.45) is 0 Å². The minimum Gasteiger partial charge on any atom is -0.371 e. The van der Waals surface area contributed by atoms with Crippen LogP contribution in [0, 0.1) is 0 Å². The summed E-state index contributed by atoms with van der Waals surface area (Å²) in [6.45, 7) is 8.28. The molecule has 5 aromatic rings. The summed E-state index contributed by atoms with van der Waals surface area (Å²) in [7, 11) is 2.19. The van der Waals surface area contributed by atoms with Gasteiger partial charge in [-0.15, -0.1) is 11.6 Å². The number of piperazine rings is 1. The second kappa shape index (κ2) is 11.3. The monoisotopic (exact) mass is 541 g/mol. The third-order valence-corrected chi connectivity index (χ3v) is 8.00. The van der Waals surface area contributed by atoms with E-state index in [1.54, 1.807) is 0 Å². The molecule has 0 saturated carbocycles. The lowest BCUT2D eigenvalue weighted by Crippen LogP contribution is -2.44. The number of benzene rings is 3. The number of halogens is 1. The van der Waals surface area contributed by atoms with Gasteiger partial charge in [-0.1, -0.05) is 12.1 Å². The summed E-state index contributed by atoms with van der Waals surface area (Å²) in [5.74, 6) is 2.52. The first-order chi connectivity index (χ1) is 19.1. The zero-order valence-electron chi connectivity index (χ0n) is 22.8. The average Bonchev–Trinajstić information content (AvgIpc) is 3.58. The topological polar surface area (TPSA) is 67.1 Å². The van der Waals surface area contributed by atoms with E-state index in [0.29, 0.717) is 5.88 Å². The van der Waals surface area contributed by atoms with E-state index in [1.807, 2.05) is 0 Å². The van der Waals surface area contributed by atoms with Gasteiger partial charge in [0.25, 0.3) is 0 Å². The maximum atomic E-state index is 5.95. The molecule has 3 heterocycles. The smallest absolute Gasteiger partial charge is 0.138 e. The van der Waals surface area contributed by atoms with Crippen molar-refractivity contribution in [3.63, 3.8) is 0 Å². The minimum absolute atomic E-state index is 0.636. The molecule has 7 nitrogen and oxygen atoms in total. The summed E-state index contributed by atoms with van der Waals surface area (Å²) in [6.07, 6.45) is 1.80. The van der Waals surface area contributed by atoms with Crippen molar-refractivity contribution in [2.45, 2.75) is 19.8 Å². The Morgan fingerprint density at radius 1 is 0.846 bits per heavy atom. The van der Waals surface area contributed by atoms with Crippen molar-refractivity contribution in [2.75, 3.05) is 62.0 Å². The molecule has 0 aliphatic carbocycles. The molecule has 1 aliphatic heterocycles. The molecular formula is C31H36ClN7. The number of fused-ring (bicyclic) bond motifs is 2. The Labute approximate surface area is 234 Å². The van der Waals surface area contributed by atoms with E-state index in [2.05, 4.69) is 99.3 Å². The van der Waals surface area contributed by atoms with Gasteiger partial charge in [0.2, 0.25) is 0 Å². The van der Waals surface area contributed by atoms with Gasteiger partial charge in [0.05, 0.1) is 22.1 Å². The van der Waals surface area contributed by atoms with E-state index in [1.165, 1.54) is 16.9 Å². The number of nitrogens with one attached hydrogen (secondary N) is 2. The first-order valence-electron chi connectivity index (χ1n) is 13.9. The van der Waals surface area contributed by atoms with Crippen LogP contribution < -0.4 is 9.80 Å². The predicted molar refractivity (Wildman–Crippen MR) is 163 cm³/mol. The number of imidazole rings is 2. The fourth-order valence-corrected chi connectivity index (χ4v) is 5.64. The molecule has 1 aliphatic rings. The Morgan fingerprint density at radius 2 is 1.59 bits per heavy atom. The number of nitrogens with zero attached hydrogens (tertiary/aromatic N) is 5. The van der Waals surface area contributed by atoms with Crippen LogP contribution in [0.5, 0.6) is 0 Å². The Hall–Kier alpha value is -3.55. The van der Waals surface area contributed by atoms with Crippen LogP contribution in [-0.4, -0.2) is 77.0 Å². The highest BCUT2D eigenvalue weighted by molar-refractivity contribution is 6.18. The standard InChI is InChI=1S/C31H36ClN7/c1-3-38(15-14-32)24-8-4-22(5-9-24)6-13-30-33-26-11-7-23(20-28(26)34-30)31-35-27-12-10-25(21-29(27)36-31)39-18-16-37(2)17-19-39/h4-5,7-12,20-21H,3,6,13-19H2,1-2H3,(H,33,34)(H,35,36). The number of aromatic nitrogens is 4. The van der Waals surface area contributed by atoms with Gasteiger partial charge in [0, 0.05) is 68.5 Å². The molecule has 1 fully saturated rings. The molecule has 0 unspecified atom stereocenters. The van der Waals surface area contributed by atoms with Crippen LogP contribution in [0.3, 0.4) is 0 Å². The number of alkyl halides is 1. The molecule has 1 saturated heterocycles. The van der Waals surface area contributed by atoms with Gasteiger partial charge in [0.1, 0.15) is 11.6 Å². The fourth-order valence-electron chi connectivity index (χ4n) is 5.43. The van der Waals surface area contributed by atoms with Crippen LogP contribution in [0.4, 0.5) is 11.4 Å². The summed E-state index contributed by atoms with van der Waals surface area (Å²) in [6, 6.07) is 21.7. The number of hydrogen-bond donors (Lipinski definition) is 2. The van der Waals surface area contributed by atoms with Gasteiger partial charge in [-0.2, -0.15) is 0 Å². The van der Waals surface area contributed by atoms with Gasteiger partial charge in [0.15, 0.2) is 0 Å². The van der Waals surface area contributed by atoms with Crippen LogP contribution in [0.15, 0.2) is 60.7 Å². The van der Waals surface area contributed by atoms with E-state index < -0.39 is 0 Å². The second-order valence-corrected chi connectivity index (χ2v) is 10.8. The summed E-state index contributed by atoms with van der Waals surface area (Å²) in [5.41, 5.74) is 8.93. The Kier molecular flexibility index (Phi) is 7.44. The second-order valence-electron chi connectivity index (χ2n) is 10.4. The summed E-state index contributed by atoms with van der Waals surface area (Å²) >= 11 is 5.95. The van der Waals surface area contributed by atoms with Gasteiger partial charge in [-0.3, -0.25) is 0 Å². The predicted octanol–water partition coefficient (Wildman–Crippen LogP) is 5.71. The lowest BCUT2D eigenvalue weighted by Gasteiger charge is -2.34. The van der Waals surface area contributed by atoms with Crippen molar-refractivity contribution in [1.29, 1.82) is 0 Å². The highest BCUT2D eigenvalue weighted by Gasteiger charge is 2.16. The summed E-state index contributed by atoms with van der Waals surface area (Å²) < 4.78 is 0. The fraction of sp³-hybridized carbons (Fsp3) is 0.355. The highest BCUT2D eigenvalue weighted by atomic mass is 35.5. The molecule has 0 atom stereocenters. The van der Waals surface area contributed by atoms with Crippen LogP contribution in [0.2, 0.25) is 0 Å². The number of hydrogen-bond acceptors (Lipinski definition) is 5. The quantitative estimate of drug-likeness (QED) is 0.234. The van der Waals surface area contributed by atoms with Crippen LogP contribution in [0.25, 0.3) is 33.5 Å². The molecule has 0 bridgehead atoms. The van der Waals surface area contributed by atoms with Gasteiger partial charge >= 0.3 is 0 Å². The Bertz CT molecular complexity index is 1550. The molecule has 2 aromatic heterocycles. The highest BCUT2D eigenvalue weighted by Crippen LogP contribution is 2.27. The molecule has 39 heavy (non-hydrogen) atoms. The molecule has 0 amide bonds. The lowest BCUT2D eigenvalue weighted by atomic mass is 10.1. The Morgan fingerprint density at radius 3 is 2.36 bits per heavy atom.